The van der Waals surface area contributed by atoms with Gasteiger partial charge in [-0.05, 0) is 43.9 Å². The molecule has 1 aromatic carbocycles. The predicted octanol–water partition coefficient (Wildman–Crippen LogP) is 4.76. The standard InChI is InChI=1S/C16H25F2NO/c1-5-11(2)10-12(3)19-13(4)14-6-8-15(9-7-14)20-16(17)18/h6-9,11-13,16,19H,5,10H2,1-4H3. The van der Waals surface area contributed by atoms with Crippen LogP contribution in [0.5, 0.6) is 5.75 Å². The van der Waals surface area contributed by atoms with Crippen molar-refractivity contribution < 1.29 is 13.5 Å². The fourth-order valence-electron chi connectivity index (χ4n) is 2.30. The summed E-state index contributed by atoms with van der Waals surface area (Å²) in [5.41, 5.74) is 1.07. The van der Waals surface area contributed by atoms with Crippen molar-refractivity contribution in [2.24, 2.45) is 5.92 Å². The third-order valence-electron chi connectivity index (χ3n) is 3.59. The summed E-state index contributed by atoms with van der Waals surface area (Å²) in [4.78, 5) is 0. The lowest BCUT2D eigenvalue weighted by atomic mass is 9.99. The SMILES string of the molecule is CCC(C)CC(C)NC(C)c1ccc(OC(F)F)cc1. The maximum Gasteiger partial charge on any atom is 0.387 e. The Balaban J connectivity index is 2.52. The Bertz CT molecular complexity index is 381. The van der Waals surface area contributed by atoms with Gasteiger partial charge in [-0.25, -0.2) is 0 Å². The average molecular weight is 285 g/mol. The van der Waals surface area contributed by atoms with Crippen molar-refractivity contribution in [2.45, 2.75) is 59.2 Å². The second-order valence-electron chi connectivity index (χ2n) is 5.49. The molecule has 0 aliphatic carbocycles. The van der Waals surface area contributed by atoms with E-state index in [-0.39, 0.29) is 11.8 Å². The van der Waals surface area contributed by atoms with E-state index >= 15 is 0 Å². The monoisotopic (exact) mass is 285 g/mol. The number of ether oxygens (including phenoxy) is 1. The Hall–Kier alpha value is -1.16. The normalized spacial score (nSPS) is 15.9. The first-order chi connectivity index (χ1) is 9.42. The van der Waals surface area contributed by atoms with Crippen molar-refractivity contribution in [1.29, 1.82) is 0 Å². The summed E-state index contributed by atoms with van der Waals surface area (Å²) in [7, 11) is 0. The summed E-state index contributed by atoms with van der Waals surface area (Å²) in [6.45, 7) is 5.93. The van der Waals surface area contributed by atoms with Crippen molar-refractivity contribution in [3.63, 3.8) is 0 Å². The fraction of sp³-hybridized carbons (Fsp3) is 0.625. The van der Waals surface area contributed by atoms with Crippen LogP contribution in [0, 0.1) is 5.92 Å². The molecule has 0 fully saturated rings. The molecule has 0 bridgehead atoms. The third-order valence-corrected chi connectivity index (χ3v) is 3.59. The van der Waals surface area contributed by atoms with Gasteiger partial charge < -0.3 is 10.1 Å². The lowest BCUT2D eigenvalue weighted by Gasteiger charge is -2.22. The van der Waals surface area contributed by atoms with Crippen molar-refractivity contribution >= 4 is 0 Å². The predicted molar refractivity (Wildman–Crippen MR) is 78.2 cm³/mol. The lowest BCUT2D eigenvalue weighted by Crippen LogP contribution is -2.30. The molecule has 114 valence electrons. The highest BCUT2D eigenvalue weighted by Gasteiger charge is 2.12. The summed E-state index contributed by atoms with van der Waals surface area (Å²) in [6.07, 6.45) is 2.31. The van der Waals surface area contributed by atoms with Crippen LogP contribution in [-0.2, 0) is 0 Å². The van der Waals surface area contributed by atoms with Crippen LogP contribution in [0.4, 0.5) is 8.78 Å². The maximum absolute atomic E-state index is 12.1. The number of alkyl halides is 2. The van der Waals surface area contributed by atoms with Gasteiger partial charge in [-0.15, -0.1) is 0 Å². The maximum atomic E-state index is 12.1. The van der Waals surface area contributed by atoms with Crippen LogP contribution in [0.2, 0.25) is 0 Å². The van der Waals surface area contributed by atoms with Gasteiger partial charge in [0.05, 0.1) is 0 Å². The summed E-state index contributed by atoms with van der Waals surface area (Å²) in [6, 6.07) is 7.43. The molecular formula is C16H25F2NO. The number of hydrogen-bond donors (Lipinski definition) is 1. The minimum absolute atomic E-state index is 0.189. The van der Waals surface area contributed by atoms with Crippen LogP contribution in [0.15, 0.2) is 24.3 Å². The van der Waals surface area contributed by atoms with E-state index in [4.69, 9.17) is 0 Å². The molecule has 0 heterocycles. The summed E-state index contributed by atoms with van der Waals surface area (Å²) < 4.78 is 28.5. The second-order valence-corrected chi connectivity index (χ2v) is 5.49. The average Bonchev–Trinajstić information content (AvgIpc) is 2.38. The summed E-state index contributed by atoms with van der Waals surface area (Å²) in [5, 5.41) is 3.53. The van der Waals surface area contributed by atoms with Gasteiger partial charge in [-0.3, -0.25) is 0 Å². The van der Waals surface area contributed by atoms with Crippen LogP contribution in [0.25, 0.3) is 0 Å². The molecule has 1 rings (SSSR count). The van der Waals surface area contributed by atoms with Gasteiger partial charge in [0.15, 0.2) is 0 Å². The highest BCUT2D eigenvalue weighted by molar-refractivity contribution is 5.29. The van der Waals surface area contributed by atoms with Crippen LogP contribution in [0.1, 0.15) is 52.1 Å². The Morgan fingerprint density at radius 2 is 1.70 bits per heavy atom. The quantitative estimate of drug-likeness (QED) is 0.743. The minimum atomic E-state index is -2.77. The number of hydrogen-bond acceptors (Lipinski definition) is 2. The molecule has 4 heteroatoms. The van der Waals surface area contributed by atoms with Gasteiger partial charge >= 0.3 is 6.61 Å². The minimum Gasteiger partial charge on any atom is -0.435 e. The highest BCUT2D eigenvalue weighted by atomic mass is 19.3. The third kappa shape index (κ3) is 5.87. The van der Waals surface area contributed by atoms with E-state index in [1.54, 1.807) is 12.1 Å². The Morgan fingerprint density at radius 3 is 2.20 bits per heavy atom. The molecule has 0 radical (unpaired) electrons. The number of halogens is 2. The smallest absolute Gasteiger partial charge is 0.387 e. The van der Waals surface area contributed by atoms with E-state index in [1.807, 2.05) is 12.1 Å². The Labute approximate surface area is 120 Å². The molecule has 20 heavy (non-hydrogen) atoms. The first-order valence-electron chi connectivity index (χ1n) is 7.23. The topological polar surface area (TPSA) is 21.3 Å². The molecule has 0 aliphatic heterocycles. The van der Waals surface area contributed by atoms with Crippen LogP contribution >= 0.6 is 0 Å². The molecule has 1 N–H and O–H groups in total. The van der Waals surface area contributed by atoms with Gasteiger partial charge in [-0.2, -0.15) is 8.78 Å². The Kier molecular flexibility index (Phi) is 6.93. The van der Waals surface area contributed by atoms with E-state index in [9.17, 15) is 8.78 Å². The van der Waals surface area contributed by atoms with Crippen molar-refractivity contribution in [3.8, 4) is 5.75 Å². The van der Waals surface area contributed by atoms with Crippen LogP contribution in [-0.4, -0.2) is 12.7 Å². The van der Waals surface area contributed by atoms with Crippen molar-refractivity contribution in [2.75, 3.05) is 0 Å². The molecule has 0 saturated heterocycles. The molecule has 0 spiro atoms. The Morgan fingerprint density at radius 1 is 1.10 bits per heavy atom. The molecule has 2 nitrogen and oxygen atoms in total. The first kappa shape index (κ1) is 16.9. The van der Waals surface area contributed by atoms with Crippen molar-refractivity contribution in [3.05, 3.63) is 29.8 Å². The fourth-order valence-corrected chi connectivity index (χ4v) is 2.30. The van der Waals surface area contributed by atoms with Gasteiger partial charge in [0.25, 0.3) is 0 Å². The summed E-state index contributed by atoms with van der Waals surface area (Å²) >= 11 is 0. The molecule has 0 saturated carbocycles. The molecular weight excluding hydrogens is 260 g/mol. The van der Waals surface area contributed by atoms with E-state index in [2.05, 4.69) is 37.7 Å². The molecule has 3 atom stereocenters. The molecule has 1 aromatic rings. The molecule has 0 amide bonds. The number of nitrogens with one attached hydrogen (secondary N) is 1. The van der Waals surface area contributed by atoms with E-state index in [0.29, 0.717) is 12.0 Å². The van der Waals surface area contributed by atoms with Crippen LogP contribution in [0.3, 0.4) is 0 Å². The van der Waals surface area contributed by atoms with E-state index in [1.165, 1.54) is 6.42 Å². The molecule has 3 unspecified atom stereocenters. The van der Waals surface area contributed by atoms with E-state index < -0.39 is 6.61 Å². The summed E-state index contributed by atoms with van der Waals surface area (Å²) in [5.74, 6) is 0.898. The van der Waals surface area contributed by atoms with Gasteiger partial charge in [0.2, 0.25) is 0 Å². The molecule has 0 aliphatic rings. The largest absolute Gasteiger partial charge is 0.435 e. The zero-order valence-corrected chi connectivity index (χ0v) is 12.7. The van der Waals surface area contributed by atoms with Gasteiger partial charge in [-0.1, -0.05) is 32.4 Å². The number of rotatable bonds is 8. The van der Waals surface area contributed by atoms with Crippen molar-refractivity contribution in [1.82, 2.24) is 5.32 Å². The molecule has 0 aromatic heterocycles. The van der Waals surface area contributed by atoms with E-state index in [0.717, 1.165) is 12.0 Å². The first-order valence-corrected chi connectivity index (χ1v) is 7.23. The van der Waals surface area contributed by atoms with Gasteiger partial charge in [0.1, 0.15) is 5.75 Å². The lowest BCUT2D eigenvalue weighted by molar-refractivity contribution is -0.0498. The zero-order valence-electron chi connectivity index (χ0n) is 12.7. The zero-order chi connectivity index (χ0) is 15.1. The highest BCUT2D eigenvalue weighted by Crippen LogP contribution is 2.20. The second kappa shape index (κ2) is 8.20. The van der Waals surface area contributed by atoms with Crippen LogP contribution < -0.4 is 10.1 Å². The number of benzene rings is 1. The van der Waals surface area contributed by atoms with Gasteiger partial charge in [0, 0.05) is 12.1 Å².